The number of pyridine rings is 1. The van der Waals surface area contributed by atoms with Crippen molar-refractivity contribution in [1.82, 2.24) is 24.9 Å². The third-order valence-corrected chi connectivity index (χ3v) is 6.40. The third kappa shape index (κ3) is 4.61. The lowest BCUT2D eigenvalue weighted by atomic mass is 10.1. The molecule has 0 radical (unpaired) electrons. The van der Waals surface area contributed by atoms with E-state index in [0.29, 0.717) is 23.0 Å². The fourth-order valence-corrected chi connectivity index (χ4v) is 4.53. The van der Waals surface area contributed by atoms with Crippen molar-refractivity contribution in [2.45, 2.75) is 12.8 Å². The molecule has 2 aliphatic heterocycles. The van der Waals surface area contributed by atoms with Crippen LogP contribution < -0.4 is 15.2 Å². The molecule has 3 N–H and O–H groups in total. The van der Waals surface area contributed by atoms with E-state index in [1.54, 1.807) is 28.2 Å². The zero-order valence-electron chi connectivity index (χ0n) is 20.0. The van der Waals surface area contributed by atoms with Gasteiger partial charge in [-0.15, -0.1) is 6.58 Å². The van der Waals surface area contributed by atoms with Gasteiger partial charge in [-0.2, -0.15) is 14.4 Å². The number of rotatable bonds is 7. The number of fused-ring (bicyclic) bond motifs is 1. The van der Waals surface area contributed by atoms with Gasteiger partial charge in [0.25, 0.3) is 0 Å². The largest absolute Gasteiger partial charge is 0.392 e. The summed E-state index contributed by atoms with van der Waals surface area (Å²) in [5.74, 6) is 0.312. The van der Waals surface area contributed by atoms with E-state index in [-0.39, 0.29) is 19.0 Å². The molecule has 2 aromatic heterocycles. The highest BCUT2D eigenvalue weighted by Gasteiger charge is 2.38. The van der Waals surface area contributed by atoms with Gasteiger partial charge in [0.05, 0.1) is 12.2 Å². The van der Waals surface area contributed by atoms with Crippen molar-refractivity contribution in [3.8, 4) is 0 Å². The monoisotopic (exact) mass is 492 g/mol. The van der Waals surface area contributed by atoms with Crippen LogP contribution in [-0.4, -0.2) is 74.8 Å². The molecule has 1 atom stereocenters. The lowest BCUT2D eigenvalue weighted by Crippen LogP contribution is -2.44. The molecule has 3 aromatic rings. The summed E-state index contributed by atoms with van der Waals surface area (Å²) in [6.07, 6.45) is 2.13. The van der Waals surface area contributed by atoms with Crippen LogP contribution >= 0.6 is 0 Å². The number of piperazine rings is 1. The number of aliphatic hydroxyl groups is 2. The summed E-state index contributed by atoms with van der Waals surface area (Å²) in [6.45, 7) is 7.69. The molecule has 0 saturated carbocycles. The molecule has 11 heteroatoms. The van der Waals surface area contributed by atoms with Crippen LogP contribution in [0.1, 0.15) is 17.4 Å². The van der Waals surface area contributed by atoms with Crippen molar-refractivity contribution in [3.05, 3.63) is 72.3 Å². The van der Waals surface area contributed by atoms with Crippen LogP contribution in [0, 0.1) is 5.95 Å². The Bertz CT molecular complexity index is 1250. The second-order valence-corrected chi connectivity index (χ2v) is 8.80. The van der Waals surface area contributed by atoms with Crippen LogP contribution in [0.5, 0.6) is 0 Å². The van der Waals surface area contributed by atoms with Gasteiger partial charge in [0.15, 0.2) is 17.9 Å². The van der Waals surface area contributed by atoms with Crippen LogP contribution in [0.3, 0.4) is 0 Å². The molecule has 0 bridgehead atoms. The van der Waals surface area contributed by atoms with Gasteiger partial charge in [-0.25, -0.2) is 15.0 Å². The number of nitrogens with one attached hydrogen (secondary N) is 1. The minimum atomic E-state index is -1.04. The molecule has 0 amide bonds. The van der Waals surface area contributed by atoms with Gasteiger partial charge in [0, 0.05) is 55.9 Å². The molecule has 1 aromatic carbocycles. The Hall–Kier alpha value is -3.64. The molecule has 1 unspecified atom stereocenters. The highest BCUT2D eigenvalue weighted by atomic mass is 19.1. The molecule has 5 rings (SSSR count). The molecule has 2 aliphatic rings. The first-order chi connectivity index (χ1) is 17.5. The van der Waals surface area contributed by atoms with Gasteiger partial charge in [-0.1, -0.05) is 12.1 Å². The zero-order chi connectivity index (χ0) is 25.2. The van der Waals surface area contributed by atoms with Gasteiger partial charge in [-0.3, -0.25) is 0 Å². The van der Waals surface area contributed by atoms with E-state index in [0.717, 1.165) is 37.4 Å². The average molecular weight is 493 g/mol. The number of hydrazine groups is 1. The van der Waals surface area contributed by atoms with Crippen molar-refractivity contribution < 1.29 is 14.6 Å². The molecule has 1 saturated heterocycles. The number of hydrogen-bond acceptors (Lipinski definition) is 10. The quantitative estimate of drug-likeness (QED) is 0.337. The molecule has 4 heterocycles. The highest BCUT2D eigenvalue weighted by molar-refractivity contribution is 5.67. The summed E-state index contributed by atoms with van der Waals surface area (Å²) in [7, 11) is 2.11. The van der Waals surface area contributed by atoms with Gasteiger partial charge in [0.2, 0.25) is 11.9 Å². The van der Waals surface area contributed by atoms with Crippen molar-refractivity contribution in [3.63, 3.8) is 0 Å². The molecule has 0 spiro atoms. The first-order valence-electron chi connectivity index (χ1n) is 11.8. The van der Waals surface area contributed by atoms with E-state index >= 15 is 0 Å². The van der Waals surface area contributed by atoms with E-state index < -0.39 is 12.2 Å². The Morgan fingerprint density at radius 1 is 1.17 bits per heavy atom. The lowest BCUT2D eigenvalue weighted by molar-refractivity contribution is 0.0246. The first-order valence-corrected chi connectivity index (χ1v) is 11.8. The van der Waals surface area contributed by atoms with Crippen LogP contribution in [0.25, 0.3) is 0 Å². The topological polar surface area (TPSA) is 104 Å². The molecular formula is C25H29FN8O2. The van der Waals surface area contributed by atoms with Gasteiger partial charge < -0.3 is 25.3 Å². The maximum Gasteiger partial charge on any atom is 0.229 e. The van der Waals surface area contributed by atoms with E-state index in [1.165, 1.54) is 12.3 Å². The minimum Gasteiger partial charge on any atom is -0.392 e. The third-order valence-electron chi connectivity index (χ3n) is 6.40. The lowest BCUT2D eigenvalue weighted by Gasteiger charge is -2.35. The zero-order valence-corrected chi connectivity index (χ0v) is 20.0. The summed E-state index contributed by atoms with van der Waals surface area (Å²) in [6, 6.07) is 10.2. The number of halogens is 1. The predicted octanol–water partition coefficient (Wildman–Crippen LogP) is 2.54. The number of aliphatic hydroxyl groups excluding tert-OH is 2. The number of aromatic nitrogens is 3. The Kier molecular flexibility index (Phi) is 6.79. The standard InChI is InChI=1S/C25H29FN8O2/c1-3-9-33-24(36)19-15-27-25(30-23(19)34(33)22-6-4-5-21(26)29-22)28-18-7-8-20(17(14-18)16-35)32-12-10-31(2)11-13-32/h3-8,14-15,24,35-36H,1,9-13,16H2,2H3,(H,27,28,30). The van der Waals surface area contributed by atoms with Crippen molar-refractivity contribution in [2.75, 3.05) is 55.0 Å². The fourth-order valence-electron chi connectivity index (χ4n) is 4.53. The highest BCUT2D eigenvalue weighted by Crippen LogP contribution is 2.41. The SMILES string of the molecule is C=CCN1C(O)c2cnc(Nc3ccc(N4CCN(C)CC4)c(CO)c3)nc2N1c1cccc(F)n1. The summed E-state index contributed by atoms with van der Waals surface area (Å²) in [5.41, 5.74) is 3.00. The maximum atomic E-state index is 13.9. The molecular weight excluding hydrogens is 463 g/mol. The summed E-state index contributed by atoms with van der Waals surface area (Å²) in [5, 5.41) is 27.2. The summed E-state index contributed by atoms with van der Waals surface area (Å²) < 4.78 is 13.9. The molecule has 188 valence electrons. The van der Waals surface area contributed by atoms with Gasteiger partial charge >= 0.3 is 0 Å². The van der Waals surface area contributed by atoms with E-state index in [1.807, 2.05) is 18.2 Å². The van der Waals surface area contributed by atoms with Gasteiger partial charge in [-0.05, 0) is 37.4 Å². The Morgan fingerprint density at radius 3 is 2.69 bits per heavy atom. The molecule has 36 heavy (non-hydrogen) atoms. The van der Waals surface area contributed by atoms with Crippen molar-refractivity contribution in [1.29, 1.82) is 0 Å². The molecule has 0 aliphatic carbocycles. The molecule has 1 fully saturated rings. The van der Waals surface area contributed by atoms with Crippen LogP contribution in [0.2, 0.25) is 0 Å². The number of likely N-dealkylation sites (N-methyl/N-ethyl adjacent to an activating group) is 1. The van der Waals surface area contributed by atoms with Crippen molar-refractivity contribution >= 4 is 29.0 Å². The van der Waals surface area contributed by atoms with Crippen LogP contribution in [-0.2, 0) is 6.61 Å². The molecule has 10 nitrogen and oxygen atoms in total. The Labute approximate surface area is 208 Å². The smallest absolute Gasteiger partial charge is 0.229 e. The summed E-state index contributed by atoms with van der Waals surface area (Å²) >= 11 is 0. The van der Waals surface area contributed by atoms with E-state index in [9.17, 15) is 14.6 Å². The van der Waals surface area contributed by atoms with Gasteiger partial charge in [0.1, 0.15) is 0 Å². The second kappa shape index (κ2) is 10.2. The number of hydrogen-bond donors (Lipinski definition) is 3. The Morgan fingerprint density at radius 2 is 1.97 bits per heavy atom. The number of benzene rings is 1. The second-order valence-electron chi connectivity index (χ2n) is 8.80. The van der Waals surface area contributed by atoms with Crippen LogP contribution in [0.15, 0.2) is 55.3 Å². The average Bonchev–Trinajstić information content (AvgIpc) is 3.15. The van der Waals surface area contributed by atoms with E-state index in [4.69, 9.17) is 0 Å². The van der Waals surface area contributed by atoms with Crippen LogP contribution in [0.4, 0.5) is 33.3 Å². The first kappa shape index (κ1) is 24.1. The Balaban J connectivity index is 1.44. The maximum absolute atomic E-state index is 13.9. The number of anilines is 5. The van der Waals surface area contributed by atoms with E-state index in [2.05, 4.69) is 43.7 Å². The fraction of sp³-hybridized carbons (Fsp3) is 0.320. The van der Waals surface area contributed by atoms with Crippen molar-refractivity contribution in [2.24, 2.45) is 0 Å². The normalized spacial score (nSPS) is 18.4. The summed E-state index contributed by atoms with van der Waals surface area (Å²) in [4.78, 5) is 17.5. The predicted molar refractivity (Wildman–Crippen MR) is 136 cm³/mol. The number of nitrogens with zero attached hydrogens (tertiary/aromatic N) is 7. The minimum absolute atomic E-state index is 0.0933.